The summed E-state index contributed by atoms with van der Waals surface area (Å²) in [4.78, 5) is 23.9. The number of unbranched alkanes of at least 4 members (excludes halogenated alkanes) is 24. The second-order valence-corrected chi connectivity index (χ2v) is 13.4. The number of carbonyl (C=O) groups is 2. The van der Waals surface area contributed by atoms with E-state index >= 15 is 0 Å². The van der Waals surface area contributed by atoms with Crippen molar-refractivity contribution >= 4 is 11.9 Å². The van der Waals surface area contributed by atoms with Crippen LogP contribution in [0.3, 0.4) is 0 Å². The average Bonchev–Trinajstić information content (AvgIpc) is 3.06. The van der Waals surface area contributed by atoms with Crippen molar-refractivity contribution in [3.63, 3.8) is 0 Å². The lowest BCUT2D eigenvalue weighted by Crippen LogP contribution is -2.25. The van der Waals surface area contributed by atoms with E-state index in [2.05, 4.69) is 38.2 Å². The number of carbonyl (C=O) groups excluding carboxylic acids is 2. The molecule has 46 heavy (non-hydrogen) atoms. The fraction of sp³-hybridized carbons (Fsp3) is 0.854. The van der Waals surface area contributed by atoms with Crippen LogP contribution in [0, 0.1) is 0 Å². The van der Waals surface area contributed by atoms with Crippen LogP contribution in [-0.4, -0.2) is 36.4 Å². The topological polar surface area (TPSA) is 72.8 Å². The zero-order valence-electron chi connectivity index (χ0n) is 30.6. The molecule has 270 valence electrons. The first-order chi connectivity index (χ1) is 22.6. The van der Waals surface area contributed by atoms with Gasteiger partial charge in [0.15, 0.2) is 0 Å². The van der Waals surface area contributed by atoms with Gasteiger partial charge in [-0.15, -0.1) is 0 Å². The summed E-state index contributed by atoms with van der Waals surface area (Å²) in [6, 6.07) is 0. The Balaban J connectivity index is 3.44. The maximum atomic E-state index is 12.0. The molecule has 5 nitrogen and oxygen atoms in total. The minimum Gasteiger partial charge on any atom is -0.463 e. The normalized spacial score (nSPS) is 11.7. The predicted octanol–water partition coefficient (Wildman–Crippen LogP) is 12.3. The lowest BCUT2D eigenvalue weighted by molar-refractivity contribution is -0.152. The van der Waals surface area contributed by atoms with E-state index in [1.165, 1.54) is 141 Å². The predicted molar refractivity (Wildman–Crippen MR) is 196 cm³/mol. The Morgan fingerprint density at radius 2 is 0.696 bits per heavy atom. The van der Waals surface area contributed by atoms with E-state index in [0.717, 1.165) is 38.5 Å². The highest BCUT2D eigenvalue weighted by molar-refractivity contribution is 5.69. The molecule has 0 atom stereocenters. The molecule has 0 saturated heterocycles. The fourth-order valence-corrected chi connectivity index (χ4v) is 5.60. The van der Waals surface area contributed by atoms with Crippen molar-refractivity contribution in [2.24, 2.45) is 0 Å². The van der Waals surface area contributed by atoms with Gasteiger partial charge in [-0.25, -0.2) is 0 Å². The van der Waals surface area contributed by atoms with Gasteiger partial charge in [-0.3, -0.25) is 9.59 Å². The van der Waals surface area contributed by atoms with Crippen LogP contribution in [0.4, 0.5) is 0 Å². The molecule has 0 radical (unpaired) electrons. The highest BCUT2D eigenvalue weighted by Gasteiger charge is 2.12. The molecule has 0 aliphatic heterocycles. The van der Waals surface area contributed by atoms with Gasteiger partial charge in [0.2, 0.25) is 0 Å². The second kappa shape index (κ2) is 37.8. The quantitative estimate of drug-likeness (QED) is 0.0416. The lowest BCUT2D eigenvalue weighted by atomic mass is 10.1. The van der Waals surface area contributed by atoms with Gasteiger partial charge in [-0.05, 0) is 64.2 Å². The van der Waals surface area contributed by atoms with Gasteiger partial charge in [0.1, 0.15) is 19.3 Å². The van der Waals surface area contributed by atoms with Gasteiger partial charge >= 0.3 is 11.9 Å². The van der Waals surface area contributed by atoms with E-state index in [0.29, 0.717) is 12.8 Å². The minimum atomic E-state index is -0.965. The van der Waals surface area contributed by atoms with E-state index in [4.69, 9.17) is 9.47 Å². The molecule has 0 rings (SSSR count). The summed E-state index contributed by atoms with van der Waals surface area (Å²) >= 11 is 0. The smallest absolute Gasteiger partial charge is 0.305 e. The number of hydrogen-bond donors (Lipinski definition) is 1. The molecule has 1 N–H and O–H groups in total. The van der Waals surface area contributed by atoms with Crippen LogP contribution in [0.2, 0.25) is 0 Å². The summed E-state index contributed by atoms with van der Waals surface area (Å²) in [5.74, 6) is -0.574. The van der Waals surface area contributed by atoms with Crippen molar-refractivity contribution in [3.05, 3.63) is 24.3 Å². The Bertz CT molecular complexity index is 643. The third kappa shape index (κ3) is 36.8. The first-order valence-electron chi connectivity index (χ1n) is 19.9. The van der Waals surface area contributed by atoms with Crippen molar-refractivity contribution in [2.45, 2.75) is 213 Å². The molecular formula is C41H76O5. The lowest BCUT2D eigenvalue weighted by Gasteiger charge is -2.12. The molecule has 0 aromatic heterocycles. The number of aliphatic hydroxyl groups excluding tert-OH is 1. The Labute approximate surface area is 285 Å². The number of allylic oxidation sites excluding steroid dienone is 4. The van der Waals surface area contributed by atoms with E-state index in [-0.39, 0.29) is 25.2 Å². The van der Waals surface area contributed by atoms with Crippen molar-refractivity contribution in [2.75, 3.05) is 13.2 Å². The molecule has 0 fully saturated rings. The molecule has 0 bridgehead atoms. The average molecular weight is 649 g/mol. The summed E-state index contributed by atoms with van der Waals surface area (Å²) < 4.78 is 10.3. The standard InChI is InChI=1S/C41H76O5/c1-3-5-7-9-11-13-15-17-19-21-23-25-27-29-31-33-35-40(43)45-37-39(42)38-46-41(44)36-34-32-30-28-26-24-22-20-18-16-14-12-10-8-6-4-2/h17-20,39,42H,3-16,21-38H2,1-2H3/b19-17-,20-18-. The van der Waals surface area contributed by atoms with E-state index < -0.39 is 6.10 Å². The van der Waals surface area contributed by atoms with Crippen LogP contribution >= 0.6 is 0 Å². The molecule has 0 aliphatic carbocycles. The summed E-state index contributed by atoms with van der Waals surface area (Å²) in [6.07, 6.45) is 43.7. The number of hydrogen-bond acceptors (Lipinski definition) is 5. The first-order valence-corrected chi connectivity index (χ1v) is 19.9. The number of aliphatic hydroxyl groups is 1. The number of esters is 2. The largest absolute Gasteiger partial charge is 0.463 e. The van der Waals surface area contributed by atoms with Crippen molar-refractivity contribution in [3.8, 4) is 0 Å². The molecule has 0 spiro atoms. The third-order valence-electron chi connectivity index (χ3n) is 8.66. The summed E-state index contributed by atoms with van der Waals surface area (Å²) in [7, 11) is 0. The van der Waals surface area contributed by atoms with Crippen LogP contribution in [0.15, 0.2) is 24.3 Å². The summed E-state index contributed by atoms with van der Waals surface area (Å²) in [6.45, 7) is 4.29. The van der Waals surface area contributed by atoms with Crippen molar-refractivity contribution in [1.29, 1.82) is 0 Å². The highest BCUT2D eigenvalue weighted by atomic mass is 16.6. The minimum absolute atomic E-state index is 0.118. The first kappa shape index (κ1) is 44.4. The molecule has 0 aromatic rings. The maximum absolute atomic E-state index is 12.0. The zero-order chi connectivity index (χ0) is 33.6. The van der Waals surface area contributed by atoms with Crippen LogP contribution in [0.25, 0.3) is 0 Å². The van der Waals surface area contributed by atoms with Crippen LogP contribution < -0.4 is 0 Å². The van der Waals surface area contributed by atoms with Gasteiger partial charge in [0.05, 0.1) is 0 Å². The Hall–Kier alpha value is -1.62. The molecule has 0 amide bonds. The van der Waals surface area contributed by atoms with E-state index in [1.807, 2.05) is 0 Å². The SMILES string of the molecule is CCCCCCCC/C=C\CCCCCCCCC(=O)OCC(O)COC(=O)CCCCCCCC/C=C\CCCCCCCC. The molecule has 0 aliphatic rings. The van der Waals surface area contributed by atoms with Crippen LogP contribution in [0.5, 0.6) is 0 Å². The van der Waals surface area contributed by atoms with Crippen molar-refractivity contribution < 1.29 is 24.2 Å². The molecule has 0 aromatic carbocycles. The number of ether oxygens (including phenoxy) is 2. The van der Waals surface area contributed by atoms with E-state index in [9.17, 15) is 14.7 Å². The Morgan fingerprint density at radius 3 is 1.00 bits per heavy atom. The Kier molecular flexibility index (Phi) is 36.5. The maximum Gasteiger partial charge on any atom is 0.305 e. The molecule has 0 saturated carbocycles. The van der Waals surface area contributed by atoms with E-state index in [1.54, 1.807) is 0 Å². The monoisotopic (exact) mass is 649 g/mol. The van der Waals surface area contributed by atoms with Gasteiger partial charge in [0.25, 0.3) is 0 Å². The second-order valence-electron chi connectivity index (χ2n) is 13.4. The molecule has 0 heterocycles. The summed E-state index contributed by atoms with van der Waals surface area (Å²) in [5.41, 5.74) is 0. The van der Waals surface area contributed by atoms with Gasteiger partial charge in [-0.2, -0.15) is 0 Å². The zero-order valence-corrected chi connectivity index (χ0v) is 30.6. The third-order valence-corrected chi connectivity index (χ3v) is 8.66. The number of rotatable bonds is 36. The molecule has 5 heteroatoms. The van der Waals surface area contributed by atoms with Crippen LogP contribution in [-0.2, 0) is 19.1 Å². The summed E-state index contributed by atoms with van der Waals surface area (Å²) in [5, 5.41) is 10.0. The molecular weight excluding hydrogens is 572 g/mol. The van der Waals surface area contributed by atoms with Crippen LogP contribution in [0.1, 0.15) is 206 Å². The van der Waals surface area contributed by atoms with Gasteiger partial charge < -0.3 is 14.6 Å². The van der Waals surface area contributed by atoms with Crippen molar-refractivity contribution in [1.82, 2.24) is 0 Å². The Morgan fingerprint density at radius 1 is 0.435 bits per heavy atom. The molecule has 0 unspecified atom stereocenters. The highest BCUT2D eigenvalue weighted by Crippen LogP contribution is 2.13. The fourth-order valence-electron chi connectivity index (χ4n) is 5.60. The van der Waals surface area contributed by atoms with Gasteiger partial charge in [0, 0.05) is 12.8 Å². The van der Waals surface area contributed by atoms with Gasteiger partial charge in [-0.1, -0.05) is 154 Å².